The van der Waals surface area contributed by atoms with E-state index < -0.39 is 11.6 Å². The van der Waals surface area contributed by atoms with Crippen LogP contribution in [0.4, 0.5) is 8.78 Å². The predicted octanol–water partition coefficient (Wildman–Crippen LogP) is 4.28. The Kier molecular flexibility index (Phi) is 5.40. The molecule has 0 radical (unpaired) electrons. The fourth-order valence-electron chi connectivity index (χ4n) is 1.80. The van der Waals surface area contributed by atoms with Crippen molar-refractivity contribution in [2.24, 2.45) is 5.73 Å². The van der Waals surface area contributed by atoms with Crippen LogP contribution in [-0.4, -0.2) is 11.8 Å². The molecule has 0 saturated heterocycles. The highest BCUT2D eigenvalue weighted by Crippen LogP contribution is 2.27. The largest absolute Gasteiger partial charge is 0.327 e. The summed E-state index contributed by atoms with van der Waals surface area (Å²) in [4.78, 5) is 0.935. The third-order valence-electron chi connectivity index (χ3n) is 2.78. The van der Waals surface area contributed by atoms with E-state index in [1.165, 1.54) is 17.8 Å². The Bertz CT molecular complexity index is 592. The van der Waals surface area contributed by atoms with Gasteiger partial charge in [0, 0.05) is 16.7 Å². The minimum Gasteiger partial charge on any atom is -0.327 e. The molecule has 2 aromatic carbocycles. The Labute approximate surface area is 126 Å². The third kappa shape index (κ3) is 4.20. The van der Waals surface area contributed by atoms with Crippen molar-refractivity contribution >= 4 is 23.4 Å². The summed E-state index contributed by atoms with van der Waals surface area (Å²) in [6.45, 7) is 0. The summed E-state index contributed by atoms with van der Waals surface area (Å²) < 4.78 is 26.6. The molecule has 2 rings (SSSR count). The van der Waals surface area contributed by atoms with Gasteiger partial charge in [0.1, 0.15) is 11.6 Å². The second-order valence-corrected chi connectivity index (χ2v) is 5.91. The first-order chi connectivity index (χ1) is 9.56. The van der Waals surface area contributed by atoms with Crippen molar-refractivity contribution in [3.63, 3.8) is 0 Å². The maximum atomic E-state index is 13.5. The molecule has 0 amide bonds. The van der Waals surface area contributed by atoms with E-state index in [1.807, 2.05) is 24.3 Å². The van der Waals surface area contributed by atoms with Gasteiger partial charge in [-0.1, -0.05) is 23.7 Å². The topological polar surface area (TPSA) is 26.0 Å². The number of benzene rings is 2. The molecule has 2 aromatic rings. The van der Waals surface area contributed by atoms with Gasteiger partial charge in [0.15, 0.2) is 0 Å². The van der Waals surface area contributed by atoms with Crippen molar-refractivity contribution in [2.75, 3.05) is 5.75 Å². The summed E-state index contributed by atoms with van der Waals surface area (Å²) in [5, 5.41) is 0.668. The van der Waals surface area contributed by atoms with E-state index >= 15 is 0 Å². The Hall–Kier alpha value is -1.10. The minimum absolute atomic E-state index is 0.271. The fraction of sp³-hybridized carbons (Fsp3) is 0.200. The lowest BCUT2D eigenvalue weighted by Gasteiger charge is -2.12. The smallest absolute Gasteiger partial charge is 0.126 e. The van der Waals surface area contributed by atoms with Gasteiger partial charge in [0.05, 0.1) is 5.02 Å². The van der Waals surface area contributed by atoms with Crippen LogP contribution in [0.5, 0.6) is 0 Å². The van der Waals surface area contributed by atoms with Crippen molar-refractivity contribution in [2.45, 2.75) is 17.4 Å². The van der Waals surface area contributed by atoms with Gasteiger partial charge >= 0.3 is 0 Å². The minimum atomic E-state index is -0.452. The molecule has 0 saturated carbocycles. The SMILES string of the molecule is NC(CSc1ccccc1Cl)Cc1cc(F)ccc1F. The van der Waals surface area contributed by atoms with Crippen molar-refractivity contribution in [3.8, 4) is 0 Å². The summed E-state index contributed by atoms with van der Waals surface area (Å²) in [5.41, 5.74) is 6.27. The summed E-state index contributed by atoms with van der Waals surface area (Å²) in [6, 6.07) is 10.6. The highest BCUT2D eigenvalue weighted by atomic mass is 35.5. The van der Waals surface area contributed by atoms with Crippen molar-refractivity contribution < 1.29 is 8.78 Å². The zero-order chi connectivity index (χ0) is 14.5. The molecule has 0 bridgehead atoms. The second kappa shape index (κ2) is 7.07. The first-order valence-corrected chi connectivity index (χ1v) is 7.49. The Balaban J connectivity index is 1.94. The summed E-state index contributed by atoms with van der Waals surface area (Å²) >= 11 is 7.55. The Morgan fingerprint density at radius 3 is 2.65 bits per heavy atom. The lowest BCUT2D eigenvalue weighted by atomic mass is 10.1. The fourth-order valence-corrected chi connectivity index (χ4v) is 2.99. The maximum Gasteiger partial charge on any atom is 0.126 e. The average Bonchev–Trinajstić information content (AvgIpc) is 2.42. The molecule has 0 aliphatic rings. The van der Waals surface area contributed by atoms with Crippen molar-refractivity contribution in [3.05, 3.63) is 64.7 Å². The van der Waals surface area contributed by atoms with Crippen LogP contribution in [-0.2, 0) is 6.42 Å². The van der Waals surface area contributed by atoms with Crippen LogP contribution in [0, 0.1) is 11.6 Å². The molecule has 0 spiro atoms. The Morgan fingerprint density at radius 2 is 1.90 bits per heavy atom. The summed E-state index contributed by atoms with van der Waals surface area (Å²) in [7, 11) is 0. The van der Waals surface area contributed by atoms with Gasteiger partial charge in [-0.15, -0.1) is 11.8 Å². The predicted molar refractivity (Wildman–Crippen MR) is 80.2 cm³/mol. The summed E-state index contributed by atoms with van der Waals surface area (Å²) in [6.07, 6.45) is 0.293. The number of hydrogen-bond donors (Lipinski definition) is 1. The molecule has 0 aliphatic heterocycles. The highest BCUT2D eigenvalue weighted by molar-refractivity contribution is 7.99. The molecule has 0 aromatic heterocycles. The summed E-state index contributed by atoms with van der Waals surface area (Å²) in [5.74, 6) is -0.295. The van der Waals surface area contributed by atoms with Gasteiger partial charge in [-0.25, -0.2) is 8.78 Å². The van der Waals surface area contributed by atoms with Gasteiger partial charge in [0.2, 0.25) is 0 Å². The zero-order valence-electron chi connectivity index (χ0n) is 10.7. The Morgan fingerprint density at radius 1 is 1.15 bits per heavy atom. The normalized spacial score (nSPS) is 12.4. The van der Waals surface area contributed by atoms with E-state index in [4.69, 9.17) is 17.3 Å². The number of nitrogens with two attached hydrogens (primary N) is 1. The monoisotopic (exact) mass is 313 g/mol. The molecule has 0 heterocycles. The molecule has 1 atom stereocenters. The average molecular weight is 314 g/mol. The lowest BCUT2D eigenvalue weighted by Crippen LogP contribution is -2.26. The van der Waals surface area contributed by atoms with E-state index in [1.54, 1.807) is 0 Å². The number of rotatable bonds is 5. The molecular formula is C15H14ClF2NS. The quantitative estimate of drug-likeness (QED) is 0.834. The van der Waals surface area contributed by atoms with Gasteiger partial charge in [-0.05, 0) is 42.3 Å². The number of halogens is 3. The van der Waals surface area contributed by atoms with Crippen LogP contribution in [0.2, 0.25) is 5.02 Å². The van der Waals surface area contributed by atoms with Crippen LogP contribution < -0.4 is 5.73 Å². The van der Waals surface area contributed by atoms with E-state index in [0.717, 1.165) is 17.0 Å². The molecule has 5 heteroatoms. The zero-order valence-corrected chi connectivity index (χ0v) is 12.2. The second-order valence-electron chi connectivity index (χ2n) is 4.44. The van der Waals surface area contributed by atoms with Crippen molar-refractivity contribution in [1.82, 2.24) is 0 Å². The van der Waals surface area contributed by atoms with Gasteiger partial charge in [-0.2, -0.15) is 0 Å². The van der Waals surface area contributed by atoms with Crippen LogP contribution in [0.1, 0.15) is 5.56 Å². The third-order valence-corrected chi connectivity index (χ3v) is 4.48. The molecule has 0 fully saturated rings. The van der Waals surface area contributed by atoms with Crippen LogP contribution in [0.3, 0.4) is 0 Å². The van der Waals surface area contributed by atoms with Crippen LogP contribution >= 0.6 is 23.4 Å². The van der Waals surface area contributed by atoms with E-state index in [-0.39, 0.29) is 6.04 Å². The van der Waals surface area contributed by atoms with Crippen LogP contribution in [0.25, 0.3) is 0 Å². The van der Waals surface area contributed by atoms with Crippen LogP contribution in [0.15, 0.2) is 47.4 Å². The number of hydrogen-bond acceptors (Lipinski definition) is 2. The molecule has 2 N–H and O–H groups in total. The highest BCUT2D eigenvalue weighted by Gasteiger charge is 2.11. The van der Waals surface area contributed by atoms with E-state index in [0.29, 0.717) is 22.8 Å². The standard InChI is InChI=1S/C15H14ClF2NS/c16-13-3-1-2-4-15(13)20-9-12(19)8-10-7-11(17)5-6-14(10)18/h1-7,12H,8-9,19H2. The molecule has 106 valence electrons. The first-order valence-electron chi connectivity index (χ1n) is 6.13. The van der Waals surface area contributed by atoms with Gasteiger partial charge < -0.3 is 5.73 Å². The molecule has 1 nitrogen and oxygen atoms in total. The van der Waals surface area contributed by atoms with Crippen molar-refractivity contribution in [1.29, 1.82) is 0 Å². The van der Waals surface area contributed by atoms with Gasteiger partial charge in [0.25, 0.3) is 0 Å². The van der Waals surface area contributed by atoms with E-state index in [2.05, 4.69) is 0 Å². The lowest BCUT2D eigenvalue weighted by molar-refractivity contribution is 0.576. The molecule has 20 heavy (non-hydrogen) atoms. The first kappa shape index (κ1) is 15.3. The van der Waals surface area contributed by atoms with E-state index in [9.17, 15) is 8.78 Å². The molecule has 1 unspecified atom stereocenters. The number of thioether (sulfide) groups is 1. The molecular weight excluding hydrogens is 300 g/mol. The molecule has 0 aliphatic carbocycles. The maximum absolute atomic E-state index is 13.5. The van der Waals surface area contributed by atoms with Gasteiger partial charge in [-0.3, -0.25) is 0 Å².